The number of halogens is 1. The molecule has 0 radical (unpaired) electrons. The molecule has 3 rings (SSSR count). The summed E-state index contributed by atoms with van der Waals surface area (Å²) in [6.45, 7) is 4.16. The maximum atomic E-state index is 5.36. The molecule has 1 atom stereocenters. The van der Waals surface area contributed by atoms with Crippen LogP contribution in [0.3, 0.4) is 0 Å². The van der Waals surface area contributed by atoms with Gasteiger partial charge in [-0.05, 0) is 49.4 Å². The van der Waals surface area contributed by atoms with Gasteiger partial charge in [0.2, 0.25) is 0 Å². The Balaban J connectivity index is 0.00000243. The number of nitrogens with zero attached hydrogens (tertiary/aromatic N) is 2. The standard InChI is InChI=1S/C19H30N4O2.HI/c1-20-19(22-12-15-8-9-23(13-15)16-5-6-16)21-11-14-4-7-17(24-2)18(10-14)25-3;/h4,7,10,15-16H,5-6,8-9,11-13H2,1-3H3,(H2,20,21,22);1H. The van der Waals surface area contributed by atoms with Crippen molar-refractivity contribution < 1.29 is 9.47 Å². The second kappa shape index (κ2) is 10.2. The third kappa shape index (κ3) is 5.64. The zero-order valence-electron chi connectivity index (χ0n) is 16.0. The van der Waals surface area contributed by atoms with Crippen molar-refractivity contribution in [3.63, 3.8) is 0 Å². The molecule has 1 heterocycles. The lowest BCUT2D eigenvalue weighted by molar-refractivity contribution is 0.314. The largest absolute Gasteiger partial charge is 0.493 e. The fourth-order valence-electron chi connectivity index (χ4n) is 3.44. The van der Waals surface area contributed by atoms with Gasteiger partial charge in [0.05, 0.1) is 14.2 Å². The molecule has 2 N–H and O–H groups in total. The lowest BCUT2D eigenvalue weighted by Gasteiger charge is -2.17. The van der Waals surface area contributed by atoms with E-state index in [0.29, 0.717) is 6.54 Å². The van der Waals surface area contributed by atoms with Crippen LogP contribution in [0.2, 0.25) is 0 Å². The van der Waals surface area contributed by atoms with E-state index in [-0.39, 0.29) is 24.0 Å². The highest BCUT2D eigenvalue weighted by atomic mass is 127. The summed E-state index contributed by atoms with van der Waals surface area (Å²) >= 11 is 0. The third-order valence-electron chi connectivity index (χ3n) is 5.07. The molecule has 146 valence electrons. The van der Waals surface area contributed by atoms with Crippen LogP contribution >= 0.6 is 24.0 Å². The van der Waals surface area contributed by atoms with Crippen LogP contribution in [0.1, 0.15) is 24.8 Å². The molecule has 6 nitrogen and oxygen atoms in total. The van der Waals surface area contributed by atoms with E-state index in [9.17, 15) is 0 Å². The molecule has 0 aromatic heterocycles. The van der Waals surface area contributed by atoms with Gasteiger partial charge in [0.15, 0.2) is 17.5 Å². The van der Waals surface area contributed by atoms with E-state index < -0.39 is 0 Å². The monoisotopic (exact) mass is 474 g/mol. The molecular weight excluding hydrogens is 443 g/mol. The highest BCUT2D eigenvalue weighted by Gasteiger charge is 2.34. The maximum Gasteiger partial charge on any atom is 0.191 e. The van der Waals surface area contributed by atoms with Crippen LogP contribution in [0, 0.1) is 5.92 Å². The Bertz CT molecular complexity index is 607. The number of nitrogens with one attached hydrogen (secondary N) is 2. The summed E-state index contributed by atoms with van der Waals surface area (Å²) in [6.07, 6.45) is 4.08. The Labute approximate surface area is 173 Å². The van der Waals surface area contributed by atoms with Crippen LogP contribution in [0.25, 0.3) is 0 Å². The summed E-state index contributed by atoms with van der Waals surface area (Å²) in [5.74, 6) is 3.06. The number of guanidine groups is 1. The van der Waals surface area contributed by atoms with Gasteiger partial charge in [0, 0.05) is 32.7 Å². The van der Waals surface area contributed by atoms with Gasteiger partial charge in [-0.15, -0.1) is 24.0 Å². The van der Waals surface area contributed by atoms with Crippen LogP contribution in [-0.2, 0) is 6.54 Å². The number of hydrogen-bond donors (Lipinski definition) is 2. The molecule has 1 saturated carbocycles. The molecule has 1 aliphatic heterocycles. The van der Waals surface area contributed by atoms with Gasteiger partial charge in [-0.2, -0.15) is 0 Å². The molecule has 7 heteroatoms. The first-order valence-corrected chi connectivity index (χ1v) is 9.13. The van der Waals surface area contributed by atoms with E-state index in [1.165, 1.54) is 32.4 Å². The number of benzene rings is 1. The number of methoxy groups -OCH3 is 2. The average molecular weight is 474 g/mol. The molecule has 0 bridgehead atoms. The van der Waals surface area contributed by atoms with Gasteiger partial charge in [-0.25, -0.2) is 0 Å². The van der Waals surface area contributed by atoms with Crippen molar-refractivity contribution in [2.75, 3.05) is 40.9 Å². The van der Waals surface area contributed by atoms with Gasteiger partial charge in [-0.3, -0.25) is 4.99 Å². The lowest BCUT2D eigenvalue weighted by atomic mass is 10.1. The van der Waals surface area contributed by atoms with Gasteiger partial charge in [0.1, 0.15) is 0 Å². The van der Waals surface area contributed by atoms with Crippen molar-refractivity contribution in [3.8, 4) is 11.5 Å². The molecule has 2 fully saturated rings. The first-order valence-electron chi connectivity index (χ1n) is 9.13. The van der Waals surface area contributed by atoms with Crippen LogP contribution in [0.5, 0.6) is 11.5 Å². The molecule has 2 aliphatic rings. The minimum atomic E-state index is 0. The average Bonchev–Trinajstić information content (AvgIpc) is 3.40. The minimum absolute atomic E-state index is 0. The van der Waals surface area contributed by atoms with Crippen LogP contribution in [0.15, 0.2) is 23.2 Å². The number of hydrogen-bond acceptors (Lipinski definition) is 4. The van der Waals surface area contributed by atoms with E-state index in [0.717, 1.165) is 41.5 Å². The predicted molar refractivity (Wildman–Crippen MR) is 116 cm³/mol. The molecule has 0 spiro atoms. The topological polar surface area (TPSA) is 58.1 Å². The summed E-state index contributed by atoms with van der Waals surface area (Å²) in [5.41, 5.74) is 1.13. The van der Waals surface area contributed by atoms with E-state index >= 15 is 0 Å². The Morgan fingerprint density at radius 3 is 2.58 bits per heavy atom. The third-order valence-corrected chi connectivity index (χ3v) is 5.07. The molecule has 1 aromatic carbocycles. The molecule has 1 unspecified atom stereocenters. The summed E-state index contributed by atoms with van der Waals surface area (Å²) < 4.78 is 10.6. The van der Waals surface area contributed by atoms with Crippen LogP contribution < -0.4 is 20.1 Å². The first kappa shape index (κ1) is 21.1. The van der Waals surface area contributed by atoms with Gasteiger partial charge in [-0.1, -0.05) is 6.07 Å². The lowest BCUT2D eigenvalue weighted by Crippen LogP contribution is -2.40. The molecule has 1 aliphatic carbocycles. The molecular formula is C19H31IN4O2. The minimum Gasteiger partial charge on any atom is -0.493 e. The first-order chi connectivity index (χ1) is 12.2. The SMILES string of the molecule is CN=C(NCc1ccc(OC)c(OC)c1)NCC1CCN(C2CC2)C1.I. The van der Waals surface area contributed by atoms with Crippen molar-refractivity contribution in [1.29, 1.82) is 0 Å². The fourth-order valence-corrected chi connectivity index (χ4v) is 3.44. The number of aliphatic imine (C=N–C) groups is 1. The predicted octanol–water partition coefficient (Wildman–Crippen LogP) is 2.47. The zero-order valence-corrected chi connectivity index (χ0v) is 18.3. The summed E-state index contributed by atoms with van der Waals surface area (Å²) in [6, 6.07) is 6.83. The highest BCUT2D eigenvalue weighted by Crippen LogP contribution is 2.31. The highest BCUT2D eigenvalue weighted by molar-refractivity contribution is 14.0. The van der Waals surface area contributed by atoms with Gasteiger partial charge in [0.25, 0.3) is 0 Å². The molecule has 1 saturated heterocycles. The van der Waals surface area contributed by atoms with E-state index in [2.05, 4.69) is 20.5 Å². The van der Waals surface area contributed by atoms with Gasteiger partial charge >= 0.3 is 0 Å². The Hall–Kier alpha value is -1.22. The quantitative estimate of drug-likeness (QED) is 0.362. The second-order valence-electron chi connectivity index (χ2n) is 6.88. The number of rotatable bonds is 7. The van der Waals surface area contributed by atoms with Crippen molar-refractivity contribution in [2.45, 2.75) is 31.8 Å². The zero-order chi connectivity index (χ0) is 17.6. The number of ether oxygens (including phenoxy) is 2. The Kier molecular flexibility index (Phi) is 8.27. The summed E-state index contributed by atoms with van der Waals surface area (Å²) in [5, 5.41) is 6.84. The second-order valence-corrected chi connectivity index (χ2v) is 6.88. The molecule has 26 heavy (non-hydrogen) atoms. The smallest absolute Gasteiger partial charge is 0.191 e. The Morgan fingerprint density at radius 1 is 1.15 bits per heavy atom. The normalized spacial score (nSPS) is 20.4. The van der Waals surface area contributed by atoms with Crippen molar-refractivity contribution in [1.82, 2.24) is 15.5 Å². The fraction of sp³-hybridized carbons (Fsp3) is 0.632. The Morgan fingerprint density at radius 2 is 1.92 bits per heavy atom. The maximum absolute atomic E-state index is 5.36. The number of likely N-dealkylation sites (tertiary alicyclic amines) is 1. The summed E-state index contributed by atoms with van der Waals surface area (Å²) in [7, 11) is 5.12. The van der Waals surface area contributed by atoms with Crippen LogP contribution in [0.4, 0.5) is 0 Å². The van der Waals surface area contributed by atoms with Crippen molar-refractivity contribution in [2.24, 2.45) is 10.9 Å². The van der Waals surface area contributed by atoms with Crippen molar-refractivity contribution >= 4 is 29.9 Å². The molecule has 1 aromatic rings. The summed E-state index contributed by atoms with van der Waals surface area (Å²) in [4.78, 5) is 6.98. The van der Waals surface area contributed by atoms with Gasteiger partial charge < -0.3 is 25.0 Å². The van der Waals surface area contributed by atoms with Crippen LogP contribution in [-0.4, -0.2) is 57.8 Å². The van der Waals surface area contributed by atoms with E-state index in [1.807, 2.05) is 25.2 Å². The molecule has 0 amide bonds. The van der Waals surface area contributed by atoms with E-state index in [1.54, 1.807) is 14.2 Å². The van der Waals surface area contributed by atoms with E-state index in [4.69, 9.17) is 9.47 Å². The van der Waals surface area contributed by atoms with Crippen molar-refractivity contribution in [3.05, 3.63) is 23.8 Å².